The zero-order valence-electron chi connectivity index (χ0n) is 12.3. The number of hydrogen-bond acceptors (Lipinski definition) is 2. The Hall–Kier alpha value is -0.510. The number of hydrogen-bond donors (Lipinski definition) is 1. The normalized spacial score (nSPS) is 15.8. The van der Waals surface area contributed by atoms with Gasteiger partial charge in [-0.2, -0.15) is 0 Å². The SMILES string of the molecule is CC(C)c1ccc(C(C)N[S+]([O-])C(C)(C)C)cc1. The van der Waals surface area contributed by atoms with Crippen molar-refractivity contribution in [3.05, 3.63) is 35.4 Å². The lowest BCUT2D eigenvalue weighted by molar-refractivity contribution is 0.531. The van der Waals surface area contributed by atoms with E-state index >= 15 is 0 Å². The second kappa shape index (κ2) is 6.09. The van der Waals surface area contributed by atoms with Crippen LogP contribution in [0.1, 0.15) is 64.6 Å². The summed E-state index contributed by atoms with van der Waals surface area (Å²) in [6.45, 7) is 12.4. The van der Waals surface area contributed by atoms with Gasteiger partial charge in [0.1, 0.15) is 4.75 Å². The fraction of sp³-hybridized carbons (Fsp3) is 0.600. The lowest BCUT2D eigenvalue weighted by Gasteiger charge is -2.26. The molecule has 1 rings (SSSR count). The molecule has 0 saturated carbocycles. The largest absolute Gasteiger partial charge is 0.598 e. The average Bonchev–Trinajstić information content (AvgIpc) is 2.27. The molecular weight excluding hydrogens is 242 g/mol. The Bertz CT molecular complexity index is 367. The van der Waals surface area contributed by atoms with Gasteiger partial charge in [0.25, 0.3) is 0 Å². The molecule has 0 spiro atoms. The van der Waals surface area contributed by atoms with Gasteiger partial charge < -0.3 is 4.55 Å². The van der Waals surface area contributed by atoms with Gasteiger partial charge in [-0.3, -0.25) is 0 Å². The Morgan fingerprint density at radius 3 is 1.83 bits per heavy atom. The molecule has 102 valence electrons. The van der Waals surface area contributed by atoms with E-state index in [0.29, 0.717) is 5.92 Å². The predicted molar refractivity (Wildman–Crippen MR) is 80.0 cm³/mol. The van der Waals surface area contributed by atoms with Crippen molar-refractivity contribution in [1.82, 2.24) is 4.72 Å². The molecule has 0 heterocycles. The molecule has 2 unspecified atom stereocenters. The summed E-state index contributed by atoms with van der Waals surface area (Å²) < 4.78 is 15.0. The van der Waals surface area contributed by atoms with Crippen LogP contribution in [-0.4, -0.2) is 9.30 Å². The van der Waals surface area contributed by atoms with Crippen molar-refractivity contribution in [2.45, 2.75) is 58.2 Å². The van der Waals surface area contributed by atoms with Crippen LogP contribution in [-0.2, 0) is 11.4 Å². The molecule has 1 N–H and O–H groups in total. The van der Waals surface area contributed by atoms with Crippen LogP contribution >= 0.6 is 0 Å². The van der Waals surface area contributed by atoms with Crippen molar-refractivity contribution in [3.8, 4) is 0 Å². The molecule has 0 saturated heterocycles. The molecular formula is C15H25NOS. The van der Waals surface area contributed by atoms with E-state index in [4.69, 9.17) is 0 Å². The third kappa shape index (κ3) is 4.30. The third-order valence-electron chi connectivity index (χ3n) is 2.94. The Balaban J connectivity index is 2.70. The van der Waals surface area contributed by atoms with E-state index in [-0.39, 0.29) is 10.8 Å². The average molecular weight is 267 g/mol. The first-order chi connectivity index (χ1) is 8.21. The lowest BCUT2D eigenvalue weighted by atomic mass is 10.00. The van der Waals surface area contributed by atoms with E-state index < -0.39 is 11.4 Å². The Kier molecular flexibility index (Phi) is 5.26. The van der Waals surface area contributed by atoms with Crippen LogP contribution in [0.2, 0.25) is 0 Å². The van der Waals surface area contributed by atoms with Gasteiger partial charge in [-0.25, -0.2) is 0 Å². The third-order valence-corrected chi connectivity index (χ3v) is 4.62. The Labute approximate surface area is 114 Å². The van der Waals surface area contributed by atoms with Crippen LogP contribution in [0.5, 0.6) is 0 Å². The molecule has 1 aromatic carbocycles. The second-order valence-electron chi connectivity index (χ2n) is 6.04. The van der Waals surface area contributed by atoms with Crippen molar-refractivity contribution in [1.29, 1.82) is 0 Å². The van der Waals surface area contributed by atoms with Crippen LogP contribution in [0, 0.1) is 0 Å². The molecule has 3 heteroatoms. The predicted octanol–water partition coefficient (Wildman–Crippen LogP) is 3.92. The van der Waals surface area contributed by atoms with Gasteiger partial charge in [-0.15, -0.1) is 4.72 Å². The summed E-state index contributed by atoms with van der Waals surface area (Å²) in [5.41, 5.74) is 2.51. The zero-order chi connectivity index (χ0) is 13.9. The van der Waals surface area contributed by atoms with Gasteiger partial charge in [0.05, 0.1) is 6.04 Å². The maximum Gasteiger partial charge on any atom is 0.136 e. The quantitative estimate of drug-likeness (QED) is 0.839. The molecule has 0 aliphatic heterocycles. The maximum atomic E-state index is 12.0. The minimum absolute atomic E-state index is 0.103. The Morgan fingerprint density at radius 1 is 1.00 bits per heavy atom. The highest BCUT2D eigenvalue weighted by Crippen LogP contribution is 2.21. The van der Waals surface area contributed by atoms with Gasteiger partial charge in [0.2, 0.25) is 0 Å². The van der Waals surface area contributed by atoms with Gasteiger partial charge in [-0.05, 0) is 44.7 Å². The number of benzene rings is 1. The molecule has 0 amide bonds. The van der Waals surface area contributed by atoms with Crippen LogP contribution < -0.4 is 4.72 Å². The summed E-state index contributed by atoms with van der Waals surface area (Å²) in [5.74, 6) is 0.547. The second-order valence-corrected chi connectivity index (χ2v) is 8.04. The van der Waals surface area contributed by atoms with Crippen molar-refractivity contribution >= 4 is 11.4 Å². The first-order valence-corrected chi connectivity index (χ1v) is 7.64. The van der Waals surface area contributed by atoms with Gasteiger partial charge in [0.15, 0.2) is 0 Å². The highest BCUT2D eigenvalue weighted by Gasteiger charge is 2.28. The summed E-state index contributed by atoms with van der Waals surface area (Å²) in [6.07, 6.45) is 0. The molecule has 0 fully saturated rings. The molecule has 0 aliphatic carbocycles. The maximum absolute atomic E-state index is 12.0. The number of rotatable bonds is 4. The molecule has 0 aromatic heterocycles. The van der Waals surface area contributed by atoms with Gasteiger partial charge in [-0.1, -0.05) is 38.1 Å². The van der Waals surface area contributed by atoms with Crippen molar-refractivity contribution in [2.24, 2.45) is 0 Å². The minimum Gasteiger partial charge on any atom is -0.598 e. The van der Waals surface area contributed by atoms with Gasteiger partial charge >= 0.3 is 0 Å². The first kappa shape index (κ1) is 15.5. The smallest absolute Gasteiger partial charge is 0.136 e. The fourth-order valence-electron chi connectivity index (χ4n) is 1.57. The van der Waals surface area contributed by atoms with E-state index in [0.717, 1.165) is 0 Å². The Morgan fingerprint density at radius 2 is 1.44 bits per heavy atom. The molecule has 18 heavy (non-hydrogen) atoms. The summed E-state index contributed by atoms with van der Waals surface area (Å²) >= 11 is -1.03. The highest BCUT2D eigenvalue weighted by molar-refractivity contribution is 7.90. The van der Waals surface area contributed by atoms with E-state index in [1.807, 2.05) is 27.7 Å². The summed E-state index contributed by atoms with van der Waals surface area (Å²) in [4.78, 5) is 0. The van der Waals surface area contributed by atoms with Crippen molar-refractivity contribution in [3.63, 3.8) is 0 Å². The first-order valence-electron chi connectivity index (χ1n) is 6.49. The van der Waals surface area contributed by atoms with Crippen molar-refractivity contribution in [2.75, 3.05) is 0 Å². The van der Waals surface area contributed by atoms with E-state index in [1.54, 1.807) is 0 Å². The molecule has 0 bridgehead atoms. The topological polar surface area (TPSA) is 35.1 Å². The highest BCUT2D eigenvalue weighted by atomic mass is 32.2. The summed E-state index contributed by atoms with van der Waals surface area (Å²) in [7, 11) is 0. The fourth-order valence-corrected chi connectivity index (χ4v) is 2.39. The van der Waals surface area contributed by atoms with Crippen molar-refractivity contribution < 1.29 is 4.55 Å². The standard InChI is InChI=1S/C15H25NOS/c1-11(2)13-7-9-14(10-8-13)12(3)16-18(17)15(4,5)6/h7-12,16H,1-6H3. The van der Waals surface area contributed by atoms with Gasteiger partial charge in [0, 0.05) is 11.4 Å². The molecule has 2 atom stereocenters. The molecule has 0 radical (unpaired) electrons. The molecule has 2 nitrogen and oxygen atoms in total. The summed E-state index contributed by atoms with van der Waals surface area (Å²) in [6, 6.07) is 8.64. The van der Waals surface area contributed by atoms with E-state index in [2.05, 4.69) is 42.8 Å². The van der Waals surface area contributed by atoms with E-state index in [9.17, 15) is 4.55 Å². The van der Waals surface area contributed by atoms with Crippen LogP contribution in [0.3, 0.4) is 0 Å². The monoisotopic (exact) mass is 267 g/mol. The summed E-state index contributed by atoms with van der Waals surface area (Å²) in [5, 5.41) is 0. The number of nitrogens with one attached hydrogen (secondary N) is 1. The zero-order valence-corrected chi connectivity index (χ0v) is 13.1. The molecule has 0 aliphatic rings. The lowest BCUT2D eigenvalue weighted by Crippen LogP contribution is -2.40. The minimum atomic E-state index is -1.03. The van der Waals surface area contributed by atoms with E-state index in [1.165, 1.54) is 11.1 Å². The van der Waals surface area contributed by atoms with Crippen LogP contribution in [0.25, 0.3) is 0 Å². The van der Waals surface area contributed by atoms with Crippen LogP contribution in [0.4, 0.5) is 0 Å². The van der Waals surface area contributed by atoms with Crippen LogP contribution in [0.15, 0.2) is 24.3 Å². The molecule has 1 aromatic rings.